The van der Waals surface area contributed by atoms with Gasteiger partial charge in [-0.1, -0.05) is 0 Å². The van der Waals surface area contributed by atoms with Gasteiger partial charge in [0, 0.05) is 25.9 Å². The Hall–Kier alpha value is -1.18. The van der Waals surface area contributed by atoms with Crippen LogP contribution in [0.4, 0.5) is 5.69 Å². The summed E-state index contributed by atoms with van der Waals surface area (Å²) in [6.45, 7) is 0.738. The lowest BCUT2D eigenvalue weighted by molar-refractivity contribution is 0.233. The summed E-state index contributed by atoms with van der Waals surface area (Å²) in [6.07, 6.45) is 2.07. The van der Waals surface area contributed by atoms with E-state index in [1.165, 1.54) is 16.6 Å². The van der Waals surface area contributed by atoms with Crippen LogP contribution in [0.5, 0.6) is 0 Å². The zero-order valence-electron chi connectivity index (χ0n) is 9.28. The lowest BCUT2D eigenvalue weighted by Gasteiger charge is -2.16. The number of aliphatic hydroxyl groups excluding tert-OH is 1. The van der Waals surface area contributed by atoms with E-state index in [2.05, 4.69) is 4.98 Å². The molecule has 1 atom stereocenters. The number of aliphatic hydroxyl groups is 1. The van der Waals surface area contributed by atoms with Gasteiger partial charge in [0.2, 0.25) is 0 Å². The highest BCUT2D eigenvalue weighted by Crippen LogP contribution is 2.25. The van der Waals surface area contributed by atoms with Gasteiger partial charge in [0.1, 0.15) is 0 Å². The maximum Gasteiger partial charge on any atom is 0.262 e. The smallest absolute Gasteiger partial charge is 0.262 e. The fourth-order valence-electron chi connectivity index (χ4n) is 1.91. The second-order valence-corrected chi connectivity index (χ2v) is 5.95. The van der Waals surface area contributed by atoms with Gasteiger partial charge in [-0.2, -0.15) is 4.31 Å². The minimum Gasteiger partial charge on any atom is -0.396 e. The Bertz CT molecular complexity index is 503. The van der Waals surface area contributed by atoms with Crippen LogP contribution in [-0.4, -0.2) is 42.5 Å². The van der Waals surface area contributed by atoms with Crippen LogP contribution >= 0.6 is 0 Å². The van der Waals surface area contributed by atoms with E-state index in [1.54, 1.807) is 6.07 Å². The van der Waals surface area contributed by atoms with Crippen molar-refractivity contribution in [1.29, 1.82) is 0 Å². The molecule has 6 nitrogen and oxygen atoms in total. The average Bonchev–Trinajstić information content (AvgIpc) is 2.78. The SMILES string of the molecule is Nc1cccnc1S(=O)(=O)N1CCC(CO)C1. The van der Waals surface area contributed by atoms with Crippen LogP contribution in [0.15, 0.2) is 23.4 Å². The Labute approximate surface area is 100 Å². The Balaban J connectivity index is 2.29. The molecule has 2 rings (SSSR count). The molecule has 1 aliphatic rings. The molecule has 0 amide bonds. The highest BCUT2D eigenvalue weighted by molar-refractivity contribution is 7.89. The lowest BCUT2D eigenvalue weighted by atomic mass is 10.1. The molecule has 0 bridgehead atoms. The van der Waals surface area contributed by atoms with E-state index in [9.17, 15) is 8.42 Å². The lowest BCUT2D eigenvalue weighted by Crippen LogP contribution is -2.30. The second kappa shape index (κ2) is 4.59. The Morgan fingerprint density at radius 3 is 2.94 bits per heavy atom. The minimum absolute atomic E-state index is 0.00369. The number of pyridine rings is 1. The van der Waals surface area contributed by atoms with Crippen molar-refractivity contribution in [2.24, 2.45) is 5.92 Å². The number of nitrogens with two attached hydrogens (primary N) is 1. The van der Waals surface area contributed by atoms with Crippen LogP contribution in [-0.2, 0) is 10.0 Å². The maximum atomic E-state index is 12.2. The van der Waals surface area contributed by atoms with E-state index in [0.717, 1.165) is 0 Å². The second-order valence-electron chi connectivity index (χ2n) is 4.10. The third-order valence-electron chi connectivity index (χ3n) is 2.89. The van der Waals surface area contributed by atoms with Crippen LogP contribution in [0.1, 0.15) is 6.42 Å². The number of sulfonamides is 1. The van der Waals surface area contributed by atoms with Gasteiger partial charge in [-0.15, -0.1) is 0 Å². The van der Waals surface area contributed by atoms with Crippen LogP contribution in [0, 0.1) is 5.92 Å². The van der Waals surface area contributed by atoms with Gasteiger partial charge in [-0.3, -0.25) is 0 Å². The molecule has 1 fully saturated rings. The molecule has 1 saturated heterocycles. The van der Waals surface area contributed by atoms with Crippen molar-refractivity contribution in [1.82, 2.24) is 9.29 Å². The molecular formula is C10H15N3O3S. The first-order valence-electron chi connectivity index (χ1n) is 5.37. The molecule has 3 N–H and O–H groups in total. The van der Waals surface area contributed by atoms with E-state index >= 15 is 0 Å². The molecule has 0 aliphatic carbocycles. The number of aromatic nitrogens is 1. The van der Waals surface area contributed by atoms with Crippen molar-refractivity contribution in [3.63, 3.8) is 0 Å². The van der Waals surface area contributed by atoms with Gasteiger partial charge in [0.05, 0.1) is 5.69 Å². The maximum absolute atomic E-state index is 12.2. The largest absolute Gasteiger partial charge is 0.396 e. The summed E-state index contributed by atoms with van der Waals surface area (Å²) in [4.78, 5) is 3.83. The summed E-state index contributed by atoms with van der Waals surface area (Å²) in [5, 5.41) is 8.91. The number of hydrogen-bond donors (Lipinski definition) is 2. The fraction of sp³-hybridized carbons (Fsp3) is 0.500. The highest BCUT2D eigenvalue weighted by atomic mass is 32.2. The Morgan fingerprint density at radius 1 is 1.59 bits per heavy atom. The molecule has 1 unspecified atom stereocenters. The highest BCUT2D eigenvalue weighted by Gasteiger charge is 2.34. The van der Waals surface area contributed by atoms with Gasteiger partial charge in [0.15, 0.2) is 5.03 Å². The Morgan fingerprint density at radius 2 is 2.35 bits per heavy atom. The van der Waals surface area contributed by atoms with Crippen LogP contribution in [0.2, 0.25) is 0 Å². The van der Waals surface area contributed by atoms with Crippen molar-refractivity contribution in [2.45, 2.75) is 11.4 Å². The van der Waals surface area contributed by atoms with Gasteiger partial charge >= 0.3 is 0 Å². The molecule has 94 valence electrons. The standard InChI is InChI=1S/C10H15N3O3S/c11-9-2-1-4-12-10(9)17(15,16)13-5-3-8(6-13)7-14/h1-2,4,8,14H,3,5-7,11H2. The van der Waals surface area contributed by atoms with Crippen molar-refractivity contribution in [2.75, 3.05) is 25.4 Å². The van der Waals surface area contributed by atoms with Crippen molar-refractivity contribution < 1.29 is 13.5 Å². The number of nitrogens with zero attached hydrogens (tertiary/aromatic N) is 2. The summed E-state index contributed by atoms with van der Waals surface area (Å²) in [6, 6.07) is 3.11. The van der Waals surface area contributed by atoms with Crippen molar-refractivity contribution in [3.8, 4) is 0 Å². The normalized spacial score (nSPS) is 21.8. The molecule has 1 aliphatic heterocycles. The summed E-state index contributed by atoms with van der Waals surface area (Å²) in [7, 11) is -3.63. The molecule has 0 radical (unpaired) electrons. The van der Waals surface area contributed by atoms with E-state index in [-0.39, 0.29) is 23.2 Å². The molecule has 1 aromatic rings. The van der Waals surface area contributed by atoms with Crippen LogP contribution < -0.4 is 5.73 Å². The third kappa shape index (κ3) is 2.26. The van der Waals surface area contributed by atoms with Crippen molar-refractivity contribution >= 4 is 15.7 Å². The third-order valence-corrected chi connectivity index (χ3v) is 4.73. The quantitative estimate of drug-likeness (QED) is 0.772. The summed E-state index contributed by atoms with van der Waals surface area (Å²) >= 11 is 0. The minimum atomic E-state index is -3.63. The van der Waals surface area contributed by atoms with Gasteiger partial charge in [-0.05, 0) is 24.5 Å². The average molecular weight is 257 g/mol. The molecular weight excluding hydrogens is 242 g/mol. The number of rotatable bonds is 3. The van der Waals surface area contributed by atoms with Gasteiger partial charge in [-0.25, -0.2) is 13.4 Å². The van der Waals surface area contributed by atoms with Gasteiger partial charge in [0.25, 0.3) is 10.0 Å². The first-order valence-corrected chi connectivity index (χ1v) is 6.81. The molecule has 7 heteroatoms. The van der Waals surface area contributed by atoms with E-state index in [0.29, 0.717) is 19.5 Å². The first kappa shape index (κ1) is 12.3. The van der Waals surface area contributed by atoms with E-state index < -0.39 is 10.0 Å². The zero-order chi connectivity index (χ0) is 12.5. The predicted octanol–water partition coefficient (Wildman–Crippen LogP) is -0.333. The molecule has 0 spiro atoms. The van der Waals surface area contributed by atoms with Crippen molar-refractivity contribution in [3.05, 3.63) is 18.3 Å². The molecule has 0 saturated carbocycles. The molecule has 17 heavy (non-hydrogen) atoms. The summed E-state index contributed by atoms with van der Waals surface area (Å²) in [5.41, 5.74) is 5.78. The van der Waals surface area contributed by atoms with Crippen LogP contribution in [0.25, 0.3) is 0 Å². The molecule has 2 heterocycles. The van der Waals surface area contributed by atoms with E-state index in [1.807, 2.05) is 0 Å². The van der Waals surface area contributed by atoms with Gasteiger partial charge < -0.3 is 10.8 Å². The van der Waals surface area contributed by atoms with E-state index in [4.69, 9.17) is 10.8 Å². The summed E-state index contributed by atoms with van der Waals surface area (Å²) < 4.78 is 25.8. The predicted molar refractivity (Wildman–Crippen MR) is 62.6 cm³/mol. The Kier molecular flexibility index (Phi) is 3.32. The fourth-order valence-corrected chi connectivity index (χ4v) is 3.46. The number of anilines is 1. The summed E-state index contributed by atoms with van der Waals surface area (Å²) in [5.74, 6) is 0.00899. The first-order chi connectivity index (χ1) is 8.05. The zero-order valence-corrected chi connectivity index (χ0v) is 10.1. The monoisotopic (exact) mass is 257 g/mol. The molecule has 0 aromatic carbocycles. The topological polar surface area (TPSA) is 96.5 Å². The molecule has 1 aromatic heterocycles. The van der Waals surface area contributed by atoms with Crippen LogP contribution in [0.3, 0.4) is 0 Å². The number of hydrogen-bond acceptors (Lipinski definition) is 5. The number of nitrogen functional groups attached to an aromatic ring is 1.